The SMILES string of the molecule is Cc1nn(C)c(C)c1Cn1nc(C)c(NC(=O)Cn2nc(C)c3c(C(F)F)cc(-c4ccco4)nc32)c1C. The standard InChI is InChI=1S/C26H28F2N8O2/c1-13-19(16(4)34(6)31-13)11-35-17(5)24(15(3)33-35)30-22(37)12-36-26-23(14(2)32-36)18(25(27)28)10-20(29-26)21-8-7-9-38-21/h7-10,25H,11-12H2,1-6H3,(H,30,37). The minimum Gasteiger partial charge on any atom is -0.463 e. The number of nitrogens with one attached hydrogen (secondary N) is 1. The lowest BCUT2D eigenvalue weighted by Crippen LogP contribution is -2.20. The average molecular weight is 523 g/mol. The van der Waals surface area contributed by atoms with Gasteiger partial charge in [-0.2, -0.15) is 15.3 Å². The summed E-state index contributed by atoms with van der Waals surface area (Å²) < 4.78 is 38.3. The fourth-order valence-corrected chi connectivity index (χ4v) is 4.76. The number of pyridine rings is 1. The molecule has 5 aromatic rings. The van der Waals surface area contributed by atoms with E-state index in [1.165, 1.54) is 17.0 Å². The van der Waals surface area contributed by atoms with Crippen molar-refractivity contribution in [2.45, 2.75) is 54.1 Å². The van der Waals surface area contributed by atoms with E-state index in [2.05, 4.69) is 25.6 Å². The Morgan fingerprint density at radius 3 is 2.39 bits per heavy atom. The molecule has 0 aliphatic heterocycles. The van der Waals surface area contributed by atoms with Gasteiger partial charge in [-0.05, 0) is 52.8 Å². The molecule has 0 bridgehead atoms. The third kappa shape index (κ3) is 4.35. The third-order valence-electron chi connectivity index (χ3n) is 6.82. The van der Waals surface area contributed by atoms with Crippen LogP contribution in [0.25, 0.3) is 22.5 Å². The van der Waals surface area contributed by atoms with Crippen molar-refractivity contribution < 1.29 is 18.0 Å². The molecule has 0 aromatic carbocycles. The fraction of sp³-hybridized carbons (Fsp3) is 0.346. The van der Waals surface area contributed by atoms with Crippen molar-refractivity contribution >= 4 is 22.6 Å². The molecule has 10 nitrogen and oxygen atoms in total. The molecule has 38 heavy (non-hydrogen) atoms. The molecule has 0 spiro atoms. The molecular weight excluding hydrogens is 494 g/mol. The van der Waals surface area contributed by atoms with Gasteiger partial charge >= 0.3 is 0 Å². The van der Waals surface area contributed by atoms with Crippen LogP contribution < -0.4 is 5.32 Å². The number of carbonyl (C=O) groups is 1. The highest BCUT2D eigenvalue weighted by Gasteiger charge is 2.23. The van der Waals surface area contributed by atoms with Gasteiger partial charge in [-0.1, -0.05) is 0 Å². The van der Waals surface area contributed by atoms with Crippen molar-refractivity contribution in [2.24, 2.45) is 7.05 Å². The summed E-state index contributed by atoms with van der Waals surface area (Å²) in [4.78, 5) is 17.6. The maximum Gasteiger partial charge on any atom is 0.264 e. The quantitative estimate of drug-likeness (QED) is 0.329. The Bertz CT molecular complexity index is 1660. The van der Waals surface area contributed by atoms with E-state index in [0.717, 1.165) is 22.6 Å². The monoisotopic (exact) mass is 522 g/mol. The van der Waals surface area contributed by atoms with Gasteiger partial charge in [0.05, 0.1) is 46.7 Å². The van der Waals surface area contributed by atoms with Crippen molar-refractivity contribution in [1.29, 1.82) is 0 Å². The van der Waals surface area contributed by atoms with Crippen LogP contribution >= 0.6 is 0 Å². The highest BCUT2D eigenvalue weighted by molar-refractivity contribution is 5.93. The van der Waals surface area contributed by atoms with Gasteiger partial charge in [0.15, 0.2) is 11.4 Å². The number of furan rings is 1. The van der Waals surface area contributed by atoms with E-state index in [1.54, 1.807) is 19.1 Å². The minimum absolute atomic E-state index is 0.188. The normalized spacial score (nSPS) is 11.7. The molecule has 12 heteroatoms. The van der Waals surface area contributed by atoms with Crippen molar-refractivity contribution in [1.82, 2.24) is 34.3 Å². The summed E-state index contributed by atoms with van der Waals surface area (Å²) in [6.45, 7) is 9.59. The Morgan fingerprint density at radius 2 is 1.76 bits per heavy atom. The molecule has 0 aliphatic carbocycles. The van der Waals surface area contributed by atoms with Gasteiger partial charge in [0.25, 0.3) is 6.43 Å². The molecule has 1 amide bonds. The van der Waals surface area contributed by atoms with Crippen LogP contribution in [-0.4, -0.2) is 40.2 Å². The number of nitrogens with zero attached hydrogens (tertiary/aromatic N) is 7. The molecule has 0 saturated carbocycles. The number of amides is 1. The molecule has 1 N–H and O–H groups in total. The smallest absolute Gasteiger partial charge is 0.264 e. The summed E-state index contributed by atoms with van der Waals surface area (Å²) >= 11 is 0. The Kier molecular flexibility index (Phi) is 6.33. The largest absolute Gasteiger partial charge is 0.463 e. The minimum atomic E-state index is -2.75. The molecule has 0 aliphatic rings. The molecule has 0 radical (unpaired) electrons. The van der Waals surface area contributed by atoms with Gasteiger partial charge in [0, 0.05) is 23.9 Å². The molecular formula is C26H28F2N8O2. The number of anilines is 1. The molecule has 5 rings (SSSR count). The summed E-state index contributed by atoms with van der Waals surface area (Å²) in [5, 5.41) is 16.6. The zero-order valence-corrected chi connectivity index (χ0v) is 22.0. The number of hydrogen-bond acceptors (Lipinski definition) is 6. The Morgan fingerprint density at radius 1 is 1.03 bits per heavy atom. The zero-order chi connectivity index (χ0) is 27.3. The first-order chi connectivity index (χ1) is 18.0. The van der Waals surface area contributed by atoms with Crippen molar-refractivity contribution in [3.63, 3.8) is 0 Å². The van der Waals surface area contributed by atoms with Crippen LogP contribution in [0.3, 0.4) is 0 Å². The lowest BCUT2D eigenvalue weighted by molar-refractivity contribution is -0.116. The van der Waals surface area contributed by atoms with E-state index in [0.29, 0.717) is 29.4 Å². The van der Waals surface area contributed by atoms with Crippen molar-refractivity contribution in [2.75, 3.05) is 5.32 Å². The molecule has 0 atom stereocenters. The summed E-state index contributed by atoms with van der Waals surface area (Å²) in [6, 6.07) is 4.60. The average Bonchev–Trinajstić information content (AvgIpc) is 3.61. The molecule has 0 saturated heterocycles. The van der Waals surface area contributed by atoms with Crippen LogP contribution in [0, 0.1) is 34.6 Å². The Hall–Kier alpha value is -4.35. The Labute approximate surface area is 217 Å². The third-order valence-corrected chi connectivity index (χ3v) is 6.82. The zero-order valence-electron chi connectivity index (χ0n) is 22.0. The first-order valence-corrected chi connectivity index (χ1v) is 12.1. The van der Waals surface area contributed by atoms with Crippen LogP contribution in [0.1, 0.15) is 46.0 Å². The summed E-state index contributed by atoms with van der Waals surface area (Å²) in [5.74, 6) is -0.0286. The predicted molar refractivity (Wildman–Crippen MR) is 137 cm³/mol. The second-order valence-electron chi connectivity index (χ2n) is 9.34. The van der Waals surface area contributed by atoms with Crippen LogP contribution in [0.4, 0.5) is 14.5 Å². The highest BCUT2D eigenvalue weighted by atomic mass is 19.3. The second kappa shape index (κ2) is 9.51. The first-order valence-electron chi connectivity index (χ1n) is 12.1. The number of fused-ring (bicyclic) bond motifs is 1. The molecule has 5 heterocycles. The van der Waals surface area contributed by atoms with E-state index in [-0.39, 0.29) is 34.7 Å². The molecule has 0 fully saturated rings. The number of aromatic nitrogens is 7. The van der Waals surface area contributed by atoms with E-state index < -0.39 is 6.43 Å². The Balaban J connectivity index is 1.44. The van der Waals surface area contributed by atoms with Gasteiger partial charge in [-0.3, -0.25) is 14.2 Å². The number of alkyl halides is 2. The van der Waals surface area contributed by atoms with Gasteiger partial charge < -0.3 is 9.73 Å². The second-order valence-corrected chi connectivity index (χ2v) is 9.34. The topological polar surface area (TPSA) is 109 Å². The van der Waals surface area contributed by atoms with E-state index in [4.69, 9.17) is 4.42 Å². The first kappa shape index (κ1) is 25.3. The van der Waals surface area contributed by atoms with Crippen molar-refractivity contribution in [3.8, 4) is 11.5 Å². The van der Waals surface area contributed by atoms with Gasteiger partial charge in [-0.15, -0.1) is 0 Å². The summed E-state index contributed by atoms with van der Waals surface area (Å²) in [6.07, 6.45) is -1.30. The summed E-state index contributed by atoms with van der Waals surface area (Å²) in [5.41, 5.74) is 5.68. The number of hydrogen-bond donors (Lipinski definition) is 1. The van der Waals surface area contributed by atoms with Gasteiger partial charge in [-0.25, -0.2) is 18.4 Å². The highest BCUT2D eigenvalue weighted by Crippen LogP contribution is 2.33. The number of aryl methyl sites for hydroxylation is 4. The summed E-state index contributed by atoms with van der Waals surface area (Å²) in [7, 11) is 1.90. The lowest BCUT2D eigenvalue weighted by atomic mass is 10.1. The van der Waals surface area contributed by atoms with E-state index in [1.807, 2.05) is 44.1 Å². The number of rotatable bonds is 7. The van der Waals surface area contributed by atoms with Crippen molar-refractivity contribution in [3.05, 3.63) is 64.1 Å². The van der Waals surface area contributed by atoms with Gasteiger partial charge in [0.1, 0.15) is 12.2 Å². The van der Waals surface area contributed by atoms with Gasteiger partial charge in [0.2, 0.25) is 5.91 Å². The van der Waals surface area contributed by atoms with E-state index >= 15 is 0 Å². The van der Waals surface area contributed by atoms with E-state index in [9.17, 15) is 13.6 Å². The number of halogens is 2. The van der Waals surface area contributed by atoms with Crippen LogP contribution in [0.2, 0.25) is 0 Å². The van der Waals surface area contributed by atoms with Crippen LogP contribution in [0.5, 0.6) is 0 Å². The predicted octanol–water partition coefficient (Wildman–Crippen LogP) is 4.79. The van der Waals surface area contributed by atoms with Crippen LogP contribution in [0.15, 0.2) is 28.9 Å². The van der Waals surface area contributed by atoms with Crippen LogP contribution in [-0.2, 0) is 24.9 Å². The maximum atomic E-state index is 14.0. The lowest BCUT2D eigenvalue weighted by Gasteiger charge is -2.09. The number of carbonyl (C=O) groups excluding carboxylic acids is 1. The molecule has 5 aromatic heterocycles. The molecule has 0 unspecified atom stereocenters. The maximum absolute atomic E-state index is 14.0. The fourth-order valence-electron chi connectivity index (χ4n) is 4.76. The molecule has 198 valence electrons.